The van der Waals surface area contributed by atoms with Crippen LogP contribution in [0.2, 0.25) is 0 Å². The lowest BCUT2D eigenvalue weighted by Gasteiger charge is -2.08. The number of hydrogen-bond acceptors (Lipinski definition) is 5. The molecule has 0 atom stereocenters. The number of aliphatic hydroxyl groups is 1. The molecule has 2 rings (SSSR count). The van der Waals surface area contributed by atoms with E-state index in [0.29, 0.717) is 13.2 Å². The van der Waals surface area contributed by atoms with Crippen molar-refractivity contribution in [2.75, 3.05) is 26.4 Å². The largest absolute Gasteiger partial charge is 0.495 e. The van der Waals surface area contributed by atoms with Crippen LogP contribution in [0.15, 0.2) is 24.0 Å². The van der Waals surface area contributed by atoms with Crippen LogP contribution in [0.25, 0.3) is 0 Å². The molecule has 0 aliphatic carbocycles. The minimum atomic E-state index is -0.638. The number of ether oxygens (including phenoxy) is 4. The van der Waals surface area contributed by atoms with E-state index in [4.69, 9.17) is 18.9 Å². The third-order valence-electron chi connectivity index (χ3n) is 1.63. The van der Waals surface area contributed by atoms with Gasteiger partial charge in [0, 0.05) is 0 Å². The second-order valence-corrected chi connectivity index (χ2v) is 3.07. The minimum Gasteiger partial charge on any atom is -0.495 e. The maximum atomic E-state index is 9.33. The molecule has 0 saturated carbocycles. The zero-order valence-corrected chi connectivity index (χ0v) is 7.64. The smallest absolute Gasteiger partial charge is 0.168 e. The van der Waals surface area contributed by atoms with Crippen molar-refractivity contribution in [2.24, 2.45) is 0 Å². The van der Waals surface area contributed by atoms with Crippen molar-refractivity contribution in [1.82, 2.24) is 0 Å². The zero-order valence-electron chi connectivity index (χ0n) is 7.64. The summed E-state index contributed by atoms with van der Waals surface area (Å²) in [5.74, 6) is 1.62. The zero-order chi connectivity index (χ0) is 9.80. The van der Waals surface area contributed by atoms with Crippen LogP contribution in [0.3, 0.4) is 0 Å². The van der Waals surface area contributed by atoms with E-state index in [1.165, 1.54) is 12.5 Å². The lowest BCUT2D eigenvalue weighted by atomic mass is 10.4. The molecular weight excluding hydrogens is 188 g/mol. The SMILES string of the molecule is OC(COC=C1CO1)COC=C1CO1. The van der Waals surface area contributed by atoms with Crippen LogP contribution in [0.1, 0.15) is 0 Å². The molecule has 14 heavy (non-hydrogen) atoms. The molecule has 2 heterocycles. The van der Waals surface area contributed by atoms with Gasteiger partial charge in [0.1, 0.15) is 45.1 Å². The molecule has 2 aliphatic rings. The van der Waals surface area contributed by atoms with Gasteiger partial charge in [0.2, 0.25) is 0 Å². The first kappa shape index (κ1) is 9.21. The summed E-state index contributed by atoms with van der Waals surface area (Å²) in [5.41, 5.74) is 0. The van der Waals surface area contributed by atoms with Gasteiger partial charge in [0.15, 0.2) is 11.5 Å². The molecule has 0 aromatic rings. The average molecular weight is 200 g/mol. The molecule has 78 valence electrons. The van der Waals surface area contributed by atoms with Gasteiger partial charge in [-0.05, 0) is 0 Å². The molecule has 1 N–H and O–H groups in total. The molecule has 0 aromatic carbocycles. The van der Waals surface area contributed by atoms with Crippen LogP contribution < -0.4 is 0 Å². The molecule has 5 nitrogen and oxygen atoms in total. The normalized spacial score (nSPS) is 25.2. The Morgan fingerprint density at radius 2 is 1.57 bits per heavy atom. The van der Waals surface area contributed by atoms with E-state index in [-0.39, 0.29) is 13.2 Å². The van der Waals surface area contributed by atoms with Crippen LogP contribution in [0.5, 0.6) is 0 Å². The summed E-state index contributed by atoms with van der Waals surface area (Å²) in [7, 11) is 0. The van der Waals surface area contributed by atoms with Gasteiger partial charge in [0.05, 0.1) is 0 Å². The average Bonchev–Trinajstić information content (AvgIpc) is 2.99. The predicted octanol–water partition coefficient (Wildman–Crippen LogP) is 0.124. The van der Waals surface area contributed by atoms with Crippen LogP contribution in [-0.4, -0.2) is 37.6 Å². The van der Waals surface area contributed by atoms with E-state index in [1.54, 1.807) is 0 Å². The number of aliphatic hydroxyl groups excluding tert-OH is 1. The molecule has 0 amide bonds. The Morgan fingerprint density at radius 1 is 1.14 bits per heavy atom. The minimum absolute atomic E-state index is 0.205. The predicted molar refractivity (Wildman–Crippen MR) is 46.0 cm³/mol. The van der Waals surface area contributed by atoms with E-state index >= 15 is 0 Å². The molecule has 5 heteroatoms. The molecule has 2 fully saturated rings. The monoisotopic (exact) mass is 200 g/mol. The molecule has 2 aliphatic heterocycles. The molecule has 0 unspecified atom stereocenters. The number of hydrogen-bond donors (Lipinski definition) is 1. The summed E-state index contributed by atoms with van der Waals surface area (Å²) >= 11 is 0. The van der Waals surface area contributed by atoms with E-state index in [9.17, 15) is 5.11 Å². The highest BCUT2D eigenvalue weighted by molar-refractivity contribution is 5.00. The number of epoxide rings is 2. The van der Waals surface area contributed by atoms with Gasteiger partial charge in [-0.2, -0.15) is 0 Å². The Kier molecular flexibility index (Phi) is 2.78. The fourth-order valence-corrected chi connectivity index (χ4v) is 0.772. The van der Waals surface area contributed by atoms with Gasteiger partial charge in [-0.1, -0.05) is 0 Å². The fraction of sp³-hybridized carbons (Fsp3) is 0.556. The first-order valence-electron chi connectivity index (χ1n) is 4.39. The topological polar surface area (TPSA) is 63.8 Å². The van der Waals surface area contributed by atoms with E-state index in [2.05, 4.69) is 0 Å². The van der Waals surface area contributed by atoms with Crippen molar-refractivity contribution in [3.63, 3.8) is 0 Å². The summed E-state index contributed by atoms with van der Waals surface area (Å²) in [6.07, 6.45) is 2.37. The van der Waals surface area contributed by atoms with Crippen molar-refractivity contribution in [3.05, 3.63) is 24.0 Å². The first-order chi connectivity index (χ1) is 6.84. The quantitative estimate of drug-likeness (QED) is 0.487. The van der Waals surface area contributed by atoms with Crippen LogP contribution in [0.4, 0.5) is 0 Å². The summed E-state index contributed by atoms with van der Waals surface area (Å²) in [6.45, 7) is 1.68. The summed E-state index contributed by atoms with van der Waals surface area (Å²) in [6, 6.07) is 0. The van der Waals surface area contributed by atoms with Gasteiger partial charge in [-0.3, -0.25) is 0 Å². The Balaban J connectivity index is 1.51. The second-order valence-electron chi connectivity index (χ2n) is 3.07. The van der Waals surface area contributed by atoms with Crippen molar-refractivity contribution in [2.45, 2.75) is 6.10 Å². The van der Waals surface area contributed by atoms with Gasteiger partial charge in [-0.25, -0.2) is 0 Å². The lowest BCUT2D eigenvalue weighted by Crippen LogP contribution is -2.19. The highest BCUT2D eigenvalue weighted by atomic mass is 16.6. The molecule has 0 radical (unpaired) electrons. The Bertz CT molecular complexity index is 220. The summed E-state index contributed by atoms with van der Waals surface area (Å²) in [4.78, 5) is 0. The molecular formula is C9H12O5. The van der Waals surface area contributed by atoms with Crippen molar-refractivity contribution in [3.8, 4) is 0 Å². The van der Waals surface area contributed by atoms with Gasteiger partial charge >= 0.3 is 0 Å². The third-order valence-corrected chi connectivity index (χ3v) is 1.63. The van der Waals surface area contributed by atoms with E-state index in [0.717, 1.165) is 11.5 Å². The molecule has 0 aromatic heterocycles. The summed E-state index contributed by atoms with van der Waals surface area (Å²) in [5, 5.41) is 9.33. The second kappa shape index (κ2) is 4.23. The standard InChI is InChI=1S/C9H12O5/c10-7(1-11-3-8-5-13-8)2-12-4-9-6-14-9/h3-4,7,10H,1-2,5-6H2. The maximum absolute atomic E-state index is 9.33. The maximum Gasteiger partial charge on any atom is 0.168 e. The first-order valence-corrected chi connectivity index (χ1v) is 4.39. The van der Waals surface area contributed by atoms with Crippen molar-refractivity contribution >= 4 is 0 Å². The molecule has 2 saturated heterocycles. The van der Waals surface area contributed by atoms with E-state index in [1.807, 2.05) is 0 Å². The van der Waals surface area contributed by atoms with Gasteiger partial charge < -0.3 is 24.1 Å². The Hall–Kier alpha value is -1.36. The van der Waals surface area contributed by atoms with E-state index < -0.39 is 6.10 Å². The molecule has 0 bridgehead atoms. The summed E-state index contributed by atoms with van der Waals surface area (Å²) < 4.78 is 19.7. The van der Waals surface area contributed by atoms with Crippen molar-refractivity contribution < 1.29 is 24.1 Å². The van der Waals surface area contributed by atoms with Gasteiger partial charge in [-0.15, -0.1) is 0 Å². The van der Waals surface area contributed by atoms with Crippen LogP contribution >= 0.6 is 0 Å². The van der Waals surface area contributed by atoms with Crippen molar-refractivity contribution in [1.29, 1.82) is 0 Å². The Morgan fingerprint density at radius 3 is 1.93 bits per heavy atom. The third kappa shape index (κ3) is 3.57. The Labute approximate surface area is 81.5 Å². The van der Waals surface area contributed by atoms with Gasteiger partial charge in [0.25, 0.3) is 0 Å². The van der Waals surface area contributed by atoms with Crippen LogP contribution in [-0.2, 0) is 18.9 Å². The highest BCUT2D eigenvalue weighted by Crippen LogP contribution is 2.14. The number of rotatable bonds is 6. The van der Waals surface area contributed by atoms with Crippen LogP contribution in [0, 0.1) is 0 Å². The highest BCUT2D eigenvalue weighted by Gasteiger charge is 2.14. The lowest BCUT2D eigenvalue weighted by molar-refractivity contribution is 0.0313. The molecule has 0 spiro atoms. The fourth-order valence-electron chi connectivity index (χ4n) is 0.772.